The highest BCUT2D eigenvalue weighted by atomic mass is 14.9. The van der Waals surface area contributed by atoms with E-state index in [0.717, 1.165) is 19.5 Å². The van der Waals surface area contributed by atoms with Crippen molar-refractivity contribution >= 4 is 0 Å². The summed E-state index contributed by atoms with van der Waals surface area (Å²) in [7, 11) is 0. The van der Waals surface area contributed by atoms with Crippen molar-refractivity contribution in [2.45, 2.75) is 38.8 Å². The minimum Gasteiger partial charge on any atom is -0.329 e. The topological polar surface area (TPSA) is 116 Å². The molecule has 0 amide bonds. The molecule has 0 saturated heterocycles. The highest BCUT2D eigenvalue weighted by Crippen LogP contribution is 1.97. The van der Waals surface area contributed by atoms with Crippen molar-refractivity contribution in [1.82, 2.24) is 5.32 Å². The quantitative estimate of drug-likeness (QED) is 0.273. The molecule has 0 aromatic heterocycles. The molecular formula is C10H29N5. The zero-order valence-electron chi connectivity index (χ0n) is 10.0. The van der Waals surface area contributed by atoms with Gasteiger partial charge in [-0.05, 0) is 6.42 Å². The zero-order valence-corrected chi connectivity index (χ0v) is 10.0. The summed E-state index contributed by atoms with van der Waals surface area (Å²) in [6.07, 6.45) is 4.54. The molecule has 9 N–H and O–H groups in total. The standard InChI is InChI=1S/C6H16N2.C4H13N3/c1-2-3-4-5-6(7)8;5-1-3-7-4-2-6/h6H,2-5,7-8H2,1H3;7H,1-6H2. The van der Waals surface area contributed by atoms with Crippen LogP contribution in [0.15, 0.2) is 0 Å². The number of hydrogen-bond donors (Lipinski definition) is 5. The second-order valence-electron chi connectivity index (χ2n) is 3.49. The molecule has 0 spiro atoms. The van der Waals surface area contributed by atoms with Gasteiger partial charge in [-0.15, -0.1) is 0 Å². The van der Waals surface area contributed by atoms with E-state index in [2.05, 4.69) is 12.2 Å². The van der Waals surface area contributed by atoms with Crippen LogP contribution in [-0.2, 0) is 0 Å². The van der Waals surface area contributed by atoms with Crippen LogP contribution in [0.3, 0.4) is 0 Å². The Morgan fingerprint density at radius 1 is 1.00 bits per heavy atom. The molecule has 0 aromatic rings. The van der Waals surface area contributed by atoms with Crippen LogP contribution in [0.4, 0.5) is 0 Å². The monoisotopic (exact) mass is 219 g/mol. The van der Waals surface area contributed by atoms with E-state index in [9.17, 15) is 0 Å². The van der Waals surface area contributed by atoms with Crippen molar-refractivity contribution in [2.75, 3.05) is 26.2 Å². The van der Waals surface area contributed by atoms with Crippen molar-refractivity contribution in [3.05, 3.63) is 0 Å². The lowest BCUT2D eigenvalue weighted by Crippen LogP contribution is -2.29. The average Bonchev–Trinajstić information content (AvgIpc) is 2.20. The summed E-state index contributed by atoms with van der Waals surface area (Å²) < 4.78 is 0. The summed E-state index contributed by atoms with van der Waals surface area (Å²) in [5.41, 5.74) is 21.0. The minimum atomic E-state index is -0.0958. The fourth-order valence-corrected chi connectivity index (χ4v) is 0.959. The van der Waals surface area contributed by atoms with Crippen LogP contribution < -0.4 is 28.3 Å². The molecule has 0 aliphatic rings. The van der Waals surface area contributed by atoms with Gasteiger partial charge in [-0.2, -0.15) is 0 Å². The predicted octanol–water partition coefficient (Wildman–Crippen LogP) is -0.696. The average molecular weight is 219 g/mol. The highest BCUT2D eigenvalue weighted by Gasteiger charge is 1.90. The summed E-state index contributed by atoms with van der Waals surface area (Å²) in [6, 6.07) is 0. The molecular weight excluding hydrogens is 190 g/mol. The minimum absolute atomic E-state index is 0.0958. The van der Waals surface area contributed by atoms with E-state index in [1.165, 1.54) is 19.3 Å². The molecule has 0 radical (unpaired) electrons. The maximum atomic E-state index is 5.31. The van der Waals surface area contributed by atoms with Gasteiger partial charge < -0.3 is 28.3 Å². The normalized spacial score (nSPS) is 10.0. The Morgan fingerprint density at radius 2 is 1.53 bits per heavy atom. The van der Waals surface area contributed by atoms with Gasteiger partial charge in [0.05, 0.1) is 6.17 Å². The maximum Gasteiger partial charge on any atom is 0.0520 e. The zero-order chi connectivity index (χ0) is 11.9. The Bertz CT molecular complexity index is 93.8. The van der Waals surface area contributed by atoms with Gasteiger partial charge in [0.2, 0.25) is 0 Å². The second kappa shape index (κ2) is 16.2. The number of nitrogens with two attached hydrogens (primary N) is 4. The molecule has 94 valence electrons. The Labute approximate surface area is 93.9 Å². The van der Waals surface area contributed by atoms with Crippen molar-refractivity contribution in [3.8, 4) is 0 Å². The van der Waals surface area contributed by atoms with Crippen molar-refractivity contribution in [1.29, 1.82) is 0 Å². The van der Waals surface area contributed by atoms with Gasteiger partial charge in [0.25, 0.3) is 0 Å². The van der Waals surface area contributed by atoms with E-state index in [1.54, 1.807) is 0 Å². The lowest BCUT2D eigenvalue weighted by Gasteiger charge is -2.01. The molecule has 0 bridgehead atoms. The lowest BCUT2D eigenvalue weighted by molar-refractivity contribution is 0.575. The van der Waals surface area contributed by atoms with Gasteiger partial charge in [0, 0.05) is 26.2 Å². The molecule has 0 aliphatic carbocycles. The molecule has 0 saturated carbocycles. The van der Waals surface area contributed by atoms with Gasteiger partial charge in [-0.1, -0.05) is 26.2 Å². The van der Waals surface area contributed by atoms with Gasteiger partial charge in [0.15, 0.2) is 0 Å². The summed E-state index contributed by atoms with van der Waals surface area (Å²) in [6.45, 7) is 5.30. The summed E-state index contributed by atoms with van der Waals surface area (Å²) in [5.74, 6) is 0. The molecule has 0 rings (SSSR count). The molecule has 5 heteroatoms. The SMILES string of the molecule is CCCCCC(N)N.NCCNCCN. The molecule has 0 atom stereocenters. The molecule has 15 heavy (non-hydrogen) atoms. The van der Waals surface area contributed by atoms with Crippen molar-refractivity contribution in [3.63, 3.8) is 0 Å². The molecule has 0 fully saturated rings. The lowest BCUT2D eigenvalue weighted by atomic mass is 10.2. The molecule has 5 nitrogen and oxygen atoms in total. The second-order valence-corrected chi connectivity index (χ2v) is 3.49. The van der Waals surface area contributed by atoms with Gasteiger partial charge in [-0.3, -0.25) is 0 Å². The van der Waals surface area contributed by atoms with Gasteiger partial charge in [0.1, 0.15) is 0 Å². The fourth-order valence-electron chi connectivity index (χ4n) is 0.959. The predicted molar refractivity (Wildman–Crippen MR) is 67.3 cm³/mol. The van der Waals surface area contributed by atoms with E-state index in [4.69, 9.17) is 22.9 Å². The third-order valence-corrected chi connectivity index (χ3v) is 1.78. The van der Waals surface area contributed by atoms with Crippen LogP contribution in [0.5, 0.6) is 0 Å². The molecule has 0 unspecified atom stereocenters. The first-order valence-electron chi connectivity index (χ1n) is 5.81. The Hall–Kier alpha value is -0.200. The third kappa shape index (κ3) is 24.8. The largest absolute Gasteiger partial charge is 0.329 e. The van der Waals surface area contributed by atoms with Crippen LogP contribution in [0.2, 0.25) is 0 Å². The summed E-state index contributed by atoms with van der Waals surface area (Å²) >= 11 is 0. The van der Waals surface area contributed by atoms with Crippen LogP contribution in [0.1, 0.15) is 32.6 Å². The fraction of sp³-hybridized carbons (Fsp3) is 1.00. The number of rotatable bonds is 8. The van der Waals surface area contributed by atoms with Crippen LogP contribution in [0, 0.1) is 0 Å². The van der Waals surface area contributed by atoms with Crippen LogP contribution >= 0.6 is 0 Å². The summed E-state index contributed by atoms with van der Waals surface area (Å²) in [5, 5.41) is 3.03. The van der Waals surface area contributed by atoms with Gasteiger partial charge >= 0.3 is 0 Å². The number of nitrogens with one attached hydrogen (secondary N) is 1. The third-order valence-electron chi connectivity index (χ3n) is 1.78. The molecule has 0 heterocycles. The van der Waals surface area contributed by atoms with Gasteiger partial charge in [-0.25, -0.2) is 0 Å². The first-order valence-corrected chi connectivity index (χ1v) is 5.81. The van der Waals surface area contributed by atoms with Crippen molar-refractivity contribution in [2.24, 2.45) is 22.9 Å². The Balaban J connectivity index is 0. The molecule has 0 aliphatic heterocycles. The highest BCUT2D eigenvalue weighted by molar-refractivity contribution is 4.49. The first kappa shape index (κ1) is 17.2. The number of hydrogen-bond acceptors (Lipinski definition) is 5. The van der Waals surface area contributed by atoms with E-state index < -0.39 is 0 Å². The Morgan fingerprint density at radius 3 is 1.87 bits per heavy atom. The van der Waals surface area contributed by atoms with Crippen LogP contribution in [0.25, 0.3) is 0 Å². The number of unbranched alkanes of at least 4 members (excludes halogenated alkanes) is 2. The smallest absolute Gasteiger partial charge is 0.0520 e. The Kier molecular flexibility index (Phi) is 18.6. The van der Waals surface area contributed by atoms with Crippen LogP contribution in [-0.4, -0.2) is 32.3 Å². The van der Waals surface area contributed by atoms with Crippen molar-refractivity contribution < 1.29 is 0 Å². The van der Waals surface area contributed by atoms with E-state index >= 15 is 0 Å². The van der Waals surface area contributed by atoms with E-state index in [1.807, 2.05) is 0 Å². The first-order chi connectivity index (χ1) is 7.18. The van der Waals surface area contributed by atoms with E-state index in [0.29, 0.717) is 13.1 Å². The maximum absolute atomic E-state index is 5.31. The van der Waals surface area contributed by atoms with E-state index in [-0.39, 0.29) is 6.17 Å². The molecule has 0 aromatic carbocycles. The summed E-state index contributed by atoms with van der Waals surface area (Å²) in [4.78, 5) is 0.